The standard InChI is InChI=1S/C24H13N2O.C12H10N.Ir/c25-15-16-10-12-17(13-11-16)18-5-3-6-19-20-7-4-8-21(24(20)27-23(18)19)22-9-1-2-14-26-22;1-10-7-8-12(13-9-10)11-5-3-2-4-6-11;/h1-7,9-14H;2-5,7-9H,1H3;/q2*-1;. The van der Waals surface area contributed by atoms with Gasteiger partial charge in [0.2, 0.25) is 0 Å². The van der Waals surface area contributed by atoms with E-state index < -0.39 is 0 Å². The Morgan fingerprint density at radius 1 is 0.707 bits per heavy atom. The van der Waals surface area contributed by atoms with Crippen molar-refractivity contribution in [3.63, 3.8) is 0 Å². The van der Waals surface area contributed by atoms with E-state index in [1.54, 1.807) is 6.20 Å². The molecule has 3 heterocycles. The maximum atomic E-state index is 9.03. The van der Waals surface area contributed by atoms with E-state index in [0.717, 1.165) is 55.6 Å². The van der Waals surface area contributed by atoms with Gasteiger partial charge in [-0.05, 0) is 47.6 Å². The molecule has 3 aromatic heterocycles. The Balaban J connectivity index is 0.000000204. The van der Waals surface area contributed by atoms with Gasteiger partial charge in [0.1, 0.15) is 5.58 Å². The van der Waals surface area contributed by atoms with Crippen LogP contribution in [0.1, 0.15) is 11.1 Å². The summed E-state index contributed by atoms with van der Waals surface area (Å²) in [5.41, 5.74) is 9.16. The Bertz CT molecular complexity index is 1940. The quantitative estimate of drug-likeness (QED) is 0.173. The number of para-hydroxylation sites is 1. The van der Waals surface area contributed by atoms with Crippen molar-refractivity contribution in [3.05, 3.63) is 145 Å². The Morgan fingerprint density at radius 2 is 1.54 bits per heavy atom. The largest absolute Gasteiger partial charge is 0.500 e. The first-order valence-corrected chi connectivity index (χ1v) is 12.9. The fourth-order valence-electron chi connectivity index (χ4n) is 4.60. The summed E-state index contributed by atoms with van der Waals surface area (Å²) in [6.07, 6.45) is 3.64. The summed E-state index contributed by atoms with van der Waals surface area (Å²) in [4.78, 5) is 8.76. The second-order valence-electron chi connectivity index (χ2n) is 9.28. The van der Waals surface area contributed by atoms with Crippen LogP contribution in [0.2, 0.25) is 0 Å². The number of fused-ring (bicyclic) bond motifs is 3. The van der Waals surface area contributed by atoms with Crippen LogP contribution in [-0.4, -0.2) is 9.97 Å². The molecule has 0 N–H and O–H groups in total. The van der Waals surface area contributed by atoms with Gasteiger partial charge in [0.15, 0.2) is 0 Å². The zero-order valence-electron chi connectivity index (χ0n) is 22.1. The average Bonchev–Trinajstić information content (AvgIpc) is 3.42. The van der Waals surface area contributed by atoms with Gasteiger partial charge in [0, 0.05) is 43.4 Å². The SMILES string of the molecule is Cc1ccc(-c2[c-]cccc2)nc1.N#Cc1ccc(-c2cccc3c2oc2c(-c4ccccn4)[c-]ccc23)cc1.[Ir]. The summed E-state index contributed by atoms with van der Waals surface area (Å²) < 4.78 is 6.34. The van der Waals surface area contributed by atoms with E-state index in [0.29, 0.717) is 5.56 Å². The van der Waals surface area contributed by atoms with Gasteiger partial charge in [-0.1, -0.05) is 65.5 Å². The fraction of sp³-hybridized carbons (Fsp3) is 0.0278. The molecule has 5 heteroatoms. The molecule has 0 saturated heterocycles. The van der Waals surface area contributed by atoms with E-state index in [9.17, 15) is 0 Å². The molecule has 0 atom stereocenters. The van der Waals surface area contributed by atoms with Crippen molar-refractivity contribution >= 4 is 21.9 Å². The van der Waals surface area contributed by atoms with Gasteiger partial charge in [0.25, 0.3) is 0 Å². The second-order valence-corrected chi connectivity index (χ2v) is 9.28. The predicted molar refractivity (Wildman–Crippen MR) is 159 cm³/mol. The van der Waals surface area contributed by atoms with Crippen molar-refractivity contribution in [1.82, 2.24) is 9.97 Å². The number of nitrogens with zero attached hydrogens (tertiary/aromatic N) is 3. The monoisotopic (exact) mass is 706 g/mol. The van der Waals surface area contributed by atoms with Crippen molar-refractivity contribution in [2.45, 2.75) is 6.92 Å². The number of rotatable bonds is 3. The molecule has 7 aromatic rings. The molecule has 0 amide bonds. The molecule has 41 heavy (non-hydrogen) atoms. The molecule has 199 valence electrons. The fourth-order valence-corrected chi connectivity index (χ4v) is 4.60. The topological polar surface area (TPSA) is 62.7 Å². The minimum atomic E-state index is 0. The zero-order valence-corrected chi connectivity index (χ0v) is 24.5. The third kappa shape index (κ3) is 5.85. The van der Waals surface area contributed by atoms with Crippen LogP contribution in [0, 0.1) is 30.4 Å². The first-order valence-electron chi connectivity index (χ1n) is 12.9. The van der Waals surface area contributed by atoms with E-state index >= 15 is 0 Å². The van der Waals surface area contributed by atoms with E-state index in [1.807, 2.05) is 110 Å². The number of hydrogen-bond acceptors (Lipinski definition) is 4. The molecule has 4 nitrogen and oxygen atoms in total. The Morgan fingerprint density at radius 3 is 2.24 bits per heavy atom. The van der Waals surface area contributed by atoms with Crippen LogP contribution in [0.3, 0.4) is 0 Å². The number of aromatic nitrogens is 2. The maximum Gasteiger partial charge on any atom is 0.128 e. The third-order valence-electron chi connectivity index (χ3n) is 6.60. The average molecular weight is 706 g/mol. The van der Waals surface area contributed by atoms with E-state index in [1.165, 1.54) is 5.56 Å². The molecule has 0 fully saturated rings. The Kier molecular flexibility index (Phi) is 8.46. The van der Waals surface area contributed by atoms with E-state index in [2.05, 4.69) is 40.3 Å². The molecule has 0 aliphatic rings. The minimum Gasteiger partial charge on any atom is -0.500 e. The Hall–Kier alpha value is -4.88. The summed E-state index contributed by atoms with van der Waals surface area (Å²) >= 11 is 0. The predicted octanol–water partition coefficient (Wildman–Crippen LogP) is 8.84. The summed E-state index contributed by atoms with van der Waals surface area (Å²) in [6.45, 7) is 2.03. The number of aryl methyl sites for hydroxylation is 1. The van der Waals surface area contributed by atoms with E-state index in [-0.39, 0.29) is 20.1 Å². The molecule has 0 aliphatic heterocycles. The van der Waals surface area contributed by atoms with Crippen LogP contribution in [0.5, 0.6) is 0 Å². The molecule has 0 bridgehead atoms. The van der Waals surface area contributed by atoms with Gasteiger partial charge in [-0.3, -0.25) is 0 Å². The third-order valence-corrected chi connectivity index (χ3v) is 6.60. The molecule has 0 spiro atoms. The normalized spacial score (nSPS) is 10.3. The number of pyridine rings is 2. The molecule has 0 aliphatic carbocycles. The molecular weight excluding hydrogens is 683 g/mol. The maximum absolute atomic E-state index is 9.03. The van der Waals surface area contributed by atoms with Gasteiger partial charge < -0.3 is 14.4 Å². The Labute approximate surface area is 252 Å². The van der Waals surface area contributed by atoms with Crippen LogP contribution in [0.25, 0.3) is 55.6 Å². The summed E-state index contributed by atoms with van der Waals surface area (Å²) in [6, 6.07) is 43.9. The summed E-state index contributed by atoms with van der Waals surface area (Å²) in [5.74, 6) is 0. The molecule has 4 aromatic carbocycles. The number of hydrogen-bond donors (Lipinski definition) is 0. The smallest absolute Gasteiger partial charge is 0.128 e. The van der Waals surface area contributed by atoms with Crippen molar-refractivity contribution < 1.29 is 24.5 Å². The summed E-state index contributed by atoms with van der Waals surface area (Å²) in [5, 5.41) is 11.1. The van der Waals surface area contributed by atoms with Gasteiger partial charge in [-0.15, -0.1) is 54.1 Å². The van der Waals surface area contributed by atoms with Crippen LogP contribution in [-0.2, 0) is 20.1 Å². The van der Waals surface area contributed by atoms with Crippen LogP contribution in [0.4, 0.5) is 0 Å². The zero-order chi connectivity index (χ0) is 27.3. The molecule has 0 unspecified atom stereocenters. The number of benzene rings is 4. The van der Waals surface area contributed by atoms with Gasteiger partial charge in [-0.2, -0.15) is 5.26 Å². The molecule has 0 saturated carbocycles. The molecule has 1 radical (unpaired) electrons. The van der Waals surface area contributed by atoms with Crippen LogP contribution in [0.15, 0.2) is 126 Å². The first-order chi connectivity index (χ1) is 19.7. The minimum absolute atomic E-state index is 0. The molecular formula is C36H23IrN3O-2. The van der Waals surface area contributed by atoms with Crippen LogP contribution < -0.4 is 0 Å². The van der Waals surface area contributed by atoms with Gasteiger partial charge in [-0.25, -0.2) is 0 Å². The summed E-state index contributed by atoms with van der Waals surface area (Å²) in [7, 11) is 0. The number of furan rings is 1. The van der Waals surface area contributed by atoms with Crippen molar-refractivity contribution in [3.8, 4) is 39.7 Å². The first kappa shape index (κ1) is 27.7. The van der Waals surface area contributed by atoms with Crippen LogP contribution >= 0.6 is 0 Å². The van der Waals surface area contributed by atoms with Gasteiger partial charge >= 0.3 is 0 Å². The van der Waals surface area contributed by atoms with E-state index in [4.69, 9.17) is 9.68 Å². The van der Waals surface area contributed by atoms with Crippen molar-refractivity contribution in [2.24, 2.45) is 0 Å². The van der Waals surface area contributed by atoms with Crippen molar-refractivity contribution in [1.29, 1.82) is 5.26 Å². The van der Waals surface area contributed by atoms with Gasteiger partial charge in [0.05, 0.1) is 17.2 Å². The number of nitriles is 1. The molecule has 7 rings (SSSR count). The second kappa shape index (κ2) is 12.5. The van der Waals surface area contributed by atoms with Crippen molar-refractivity contribution in [2.75, 3.05) is 0 Å².